The molecule has 0 aliphatic rings. The van der Waals surface area contributed by atoms with E-state index in [9.17, 15) is 17.6 Å². The van der Waals surface area contributed by atoms with Crippen molar-refractivity contribution in [3.05, 3.63) is 0 Å². The van der Waals surface area contributed by atoms with Gasteiger partial charge in [-0.2, -0.15) is 8.78 Å². The summed E-state index contributed by atoms with van der Waals surface area (Å²) in [4.78, 5) is 0.0952. The highest BCUT2D eigenvalue weighted by atomic mass is 32.1. The summed E-state index contributed by atoms with van der Waals surface area (Å²) in [5.74, 6) is -4.12. The molecule has 1 unspecified atom stereocenters. The Morgan fingerprint density at radius 3 is 2.36 bits per heavy atom. The Morgan fingerprint density at radius 2 is 2.00 bits per heavy atom. The van der Waals surface area contributed by atoms with Crippen LogP contribution in [0.4, 0.5) is 17.6 Å². The van der Waals surface area contributed by atoms with Crippen LogP contribution in [0.3, 0.4) is 0 Å². The molecule has 0 aliphatic heterocycles. The van der Waals surface area contributed by atoms with E-state index in [0.29, 0.717) is 0 Å². The predicted octanol–water partition coefficient (Wildman–Crippen LogP) is 1.97. The summed E-state index contributed by atoms with van der Waals surface area (Å²) >= 11 is 4.49. The number of ether oxygens (including phenoxy) is 1. The van der Waals surface area contributed by atoms with Gasteiger partial charge in [-0.05, 0) is 6.92 Å². The number of hydrogen-bond acceptors (Lipinski definition) is 2. The Balaban J connectivity index is 3.87. The van der Waals surface area contributed by atoms with Crippen molar-refractivity contribution in [1.82, 2.24) is 0 Å². The summed E-state index contributed by atoms with van der Waals surface area (Å²) in [7, 11) is 0. The molecule has 0 radical (unpaired) electrons. The van der Waals surface area contributed by atoms with Crippen molar-refractivity contribution in [2.45, 2.75) is 31.8 Å². The number of alkyl halides is 4. The molecule has 0 rings (SSSR count). The Labute approximate surface area is 84.4 Å². The summed E-state index contributed by atoms with van der Waals surface area (Å²) in [5.41, 5.74) is 5.11. The highest BCUT2D eigenvalue weighted by Gasteiger charge is 2.41. The molecule has 2 nitrogen and oxygen atoms in total. The van der Waals surface area contributed by atoms with E-state index in [-0.39, 0.29) is 11.4 Å². The minimum Gasteiger partial charge on any atom is -0.393 e. The number of nitrogens with two attached hydrogens (primary N) is 1. The fourth-order valence-corrected chi connectivity index (χ4v) is 0.893. The zero-order valence-corrected chi connectivity index (χ0v) is 8.29. The minimum absolute atomic E-state index is 0.0919. The van der Waals surface area contributed by atoms with Crippen molar-refractivity contribution in [2.75, 3.05) is 6.61 Å². The highest BCUT2D eigenvalue weighted by molar-refractivity contribution is 7.80. The summed E-state index contributed by atoms with van der Waals surface area (Å²) in [6.45, 7) is 0.106. The molecule has 0 aromatic carbocycles. The van der Waals surface area contributed by atoms with Gasteiger partial charge in [0, 0.05) is 6.42 Å². The second-order valence-corrected chi connectivity index (χ2v) is 3.38. The molecule has 0 bridgehead atoms. The zero-order chi connectivity index (χ0) is 11.4. The van der Waals surface area contributed by atoms with Crippen molar-refractivity contribution >= 4 is 17.2 Å². The lowest BCUT2D eigenvalue weighted by atomic mass is 10.3. The molecular weight excluding hydrogens is 222 g/mol. The molecule has 2 N–H and O–H groups in total. The van der Waals surface area contributed by atoms with Gasteiger partial charge in [0.15, 0.2) is 0 Å². The maximum Gasteiger partial charge on any atom is 0.330 e. The van der Waals surface area contributed by atoms with Gasteiger partial charge < -0.3 is 10.5 Å². The summed E-state index contributed by atoms with van der Waals surface area (Å²) in [6.07, 6.45) is -4.31. The maximum atomic E-state index is 12.3. The van der Waals surface area contributed by atoms with Gasteiger partial charge in [0.1, 0.15) is 6.61 Å². The zero-order valence-electron chi connectivity index (χ0n) is 7.47. The van der Waals surface area contributed by atoms with E-state index in [2.05, 4.69) is 17.0 Å². The molecule has 0 saturated heterocycles. The van der Waals surface area contributed by atoms with Gasteiger partial charge in [0.25, 0.3) is 0 Å². The van der Waals surface area contributed by atoms with Crippen molar-refractivity contribution in [3.8, 4) is 0 Å². The van der Waals surface area contributed by atoms with Crippen LogP contribution in [0.1, 0.15) is 13.3 Å². The van der Waals surface area contributed by atoms with Gasteiger partial charge >= 0.3 is 12.3 Å². The number of rotatable bonds is 6. The van der Waals surface area contributed by atoms with Crippen molar-refractivity contribution in [3.63, 3.8) is 0 Å². The van der Waals surface area contributed by atoms with Crippen LogP contribution in [0.15, 0.2) is 0 Å². The van der Waals surface area contributed by atoms with E-state index in [1.165, 1.54) is 6.92 Å². The average Bonchev–Trinajstić information content (AvgIpc) is 1.99. The van der Waals surface area contributed by atoms with Gasteiger partial charge in [-0.25, -0.2) is 8.78 Å². The first-order chi connectivity index (χ1) is 6.25. The second kappa shape index (κ2) is 5.45. The van der Waals surface area contributed by atoms with E-state index in [4.69, 9.17) is 5.73 Å². The van der Waals surface area contributed by atoms with E-state index in [1.54, 1.807) is 0 Å². The molecule has 0 aromatic heterocycles. The monoisotopic (exact) mass is 233 g/mol. The largest absolute Gasteiger partial charge is 0.393 e. The maximum absolute atomic E-state index is 12.3. The molecule has 0 heterocycles. The van der Waals surface area contributed by atoms with Crippen LogP contribution in [-0.4, -0.2) is 30.0 Å². The lowest BCUT2D eigenvalue weighted by Crippen LogP contribution is -2.34. The molecule has 0 saturated carbocycles. The van der Waals surface area contributed by atoms with Crippen LogP contribution in [0.5, 0.6) is 0 Å². The van der Waals surface area contributed by atoms with Crippen LogP contribution in [0.2, 0.25) is 0 Å². The molecular formula is C7H11F4NOS. The van der Waals surface area contributed by atoms with Gasteiger partial charge in [0.2, 0.25) is 0 Å². The molecule has 7 heteroatoms. The topological polar surface area (TPSA) is 35.2 Å². The van der Waals surface area contributed by atoms with Gasteiger partial charge in [-0.3, -0.25) is 0 Å². The van der Waals surface area contributed by atoms with Crippen LogP contribution in [-0.2, 0) is 4.74 Å². The molecule has 0 aromatic rings. The average molecular weight is 233 g/mol. The fourth-order valence-electron chi connectivity index (χ4n) is 0.659. The lowest BCUT2D eigenvalue weighted by molar-refractivity contribution is -0.173. The third-order valence-corrected chi connectivity index (χ3v) is 1.53. The van der Waals surface area contributed by atoms with Crippen molar-refractivity contribution < 1.29 is 22.3 Å². The Kier molecular flexibility index (Phi) is 5.28. The van der Waals surface area contributed by atoms with E-state index < -0.39 is 25.1 Å². The first-order valence-corrected chi connectivity index (χ1v) is 4.22. The number of halogens is 4. The smallest absolute Gasteiger partial charge is 0.330 e. The molecule has 0 fully saturated rings. The van der Waals surface area contributed by atoms with Crippen LogP contribution < -0.4 is 5.73 Å². The van der Waals surface area contributed by atoms with Gasteiger partial charge in [-0.1, -0.05) is 12.2 Å². The van der Waals surface area contributed by atoms with Crippen LogP contribution in [0.25, 0.3) is 0 Å². The van der Waals surface area contributed by atoms with E-state index in [0.717, 1.165) is 0 Å². The highest BCUT2D eigenvalue weighted by Crippen LogP contribution is 2.23. The molecule has 0 amide bonds. The first-order valence-electron chi connectivity index (χ1n) is 3.81. The second-order valence-electron chi connectivity index (χ2n) is 2.85. The van der Waals surface area contributed by atoms with Crippen molar-refractivity contribution in [1.29, 1.82) is 0 Å². The standard InChI is InChI=1S/C7H11F4NOS/c1-4(2-5(12)14)13-3-7(10,11)6(8)9/h4,6H,2-3H2,1H3,(H2,12,14). The molecule has 1 atom stereocenters. The Hall–Kier alpha value is -0.430. The summed E-state index contributed by atoms with van der Waals surface area (Å²) < 4.78 is 52.4. The summed E-state index contributed by atoms with van der Waals surface area (Å²) in [5, 5.41) is 0. The third-order valence-electron chi connectivity index (χ3n) is 1.37. The van der Waals surface area contributed by atoms with Gasteiger partial charge in [0.05, 0.1) is 11.1 Å². The third kappa shape index (κ3) is 5.33. The molecule has 0 spiro atoms. The molecule has 84 valence electrons. The Morgan fingerprint density at radius 1 is 1.50 bits per heavy atom. The predicted molar refractivity (Wildman–Crippen MR) is 47.8 cm³/mol. The van der Waals surface area contributed by atoms with Gasteiger partial charge in [-0.15, -0.1) is 0 Å². The number of hydrogen-bond donors (Lipinski definition) is 1. The first kappa shape index (κ1) is 13.6. The minimum atomic E-state index is -4.12. The fraction of sp³-hybridized carbons (Fsp3) is 0.857. The normalized spacial score (nSPS) is 14.4. The van der Waals surface area contributed by atoms with E-state index >= 15 is 0 Å². The van der Waals surface area contributed by atoms with Crippen LogP contribution in [0, 0.1) is 0 Å². The quantitative estimate of drug-likeness (QED) is 0.562. The summed E-state index contributed by atoms with van der Waals surface area (Å²) in [6, 6.07) is 0. The molecule has 14 heavy (non-hydrogen) atoms. The van der Waals surface area contributed by atoms with Crippen LogP contribution >= 0.6 is 12.2 Å². The van der Waals surface area contributed by atoms with Crippen molar-refractivity contribution in [2.24, 2.45) is 5.73 Å². The SMILES string of the molecule is CC(CC(N)=S)OCC(F)(F)C(F)F. The Bertz CT molecular complexity index is 200. The molecule has 0 aliphatic carbocycles. The lowest BCUT2D eigenvalue weighted by Gasteiger charge is -2.18. The van der Waals surface area contributed by atoms with E-state index in [1.807, 2.05) is 0 Å². The number of thiocarbonyl (C=S) groups is 1.